The largest absolute Gasteiger partial charge is 0.478 e. The molecule has 0 aliphatic carbocycles. The number of carboxylic acid groups (broad SMARTS) is 1. The van der Waals surface area contributed by atoms with E-state index in [9.17, 15) is 4.79 Å². The quantitative estimate of drug-likeness (QED) is 0.685. The van der Waals surface area contributed by atoms with Gasteiger partial charge in [-0.1, -0.05) is 58.1 Å². The van der Waals surface area contributed by atoms with Gasteiger partial charge in [-0.2, -0.15) is 0 Å². The second-order valence-electron chi connectivity index (χ2n) is 5.31. The fourth-order valence-electron chi connectivity index (χ4n) is 2.45. The number of hydrogen-bond acceptors (Lipinski definition) is 1. The van der Waals surface area contributed by atoms with Crippen LogP contribution in [0.4, 0.5) is 0 Å². The molecule has 19 heavy (non-hydrogen) atoms. The van der Waals surface area contributed by atoms with Gasteiger partial charge < -0.3 is 5.11 Å². The van der Waals surface area contributed by atoms with Gasteiger partial charge in [0.25, 0.3) is 0 Å². The highest BCUT2D eigenvalue weighted by Gasteiger charge is 2.06. The molecule has 0 radical (unpaired) electrons. The van der Waals surface area contributed by atoms with E-state index in [2.05, 4.69) is 13.8 Å². The van der Waals surface area contributed by atoms with Crippen molar-refractivity contribution in [3.8, 4) is 0 Å². The van der Waals surface area contributed by atoms with E-state index in [1.807, 2.05) is 12.1 Å². The number of aryl methyl sites for hydroxylation is 1. The van der Waals surface area contributed by atoms with Gasteiger partial charge in [0, 0.05) is 0 Å². The van der Waals surface area contributed by atoms with Crippen LogP contribution in [-0.2, 0) is 6.42 Å². The van der Waals surface area contributed by atoms with E-state index in [0.717, 1.165) is 12.3 Å². The average molecular weight is 262 g/mol. The second-order valence-corrected chi connectivity index (χ2v) is 5.31. The molecule has 2 heteroatoms. The average Bonchev–Trinajstić information content (AvgIpc) is 2.43. The minimum atomic E-state index is -0.850. The van der Waals surface area contributed by atoms with E-state index in [4.69, 9.17) is 5.11 Å². The van der Waals surface area contributed by atoms with Gasteiger partial charge in [0.15, 0.2) is 0 Å². The van der Waals surface area contributed by atoms with Crippen molar-refractivity contribution in [1.82, 2.24) is 0 Å². The molecule has 1 N–H and O–H groups in total. The predicted molar refractivity (Wildman–Crippen MR) is 79.6 cm³/mol. The molecule has 0 bridgehead atoms. The van der Waals surface area contributed by atoms with Gasteiger partial charge in [0.05, 0.1) is 5.56 Å². The number of carboxylic acids is 1. The fraction of sp³-hybridized carbons (Fsp3) is 0.588. The Kier molecular flexibility index (Phi) is 7.24. The van der Waals surface area contributed by atoms with Crippen LogP contribution in [-0.4, -0.2) is 11.1 Å². The van der Waals surface area contributed by atoms with Crippen LogP contribution in [0.15, 0.2) is 24.3 Å². The molecule has 106 valence electrons. The molecule has 1 atom stereocenters. The lowest BCUT2D eigenvalue weighted by molar-refractivity contribution is 0.0697. The van der Waals surface area contributed by atoms with Gasteiger partial charge in [-0.15, -0.1) is 0 Å². The lowest BCUT2D eigenvalue weighted by Gasteiger charge is -2.14. The first-order valence-electron chi connectivity index (χ1n) is 7.49. The lowest BCUT2D eigenvalue weighted by atomic mass is 9.92. The highest BCUT2D eigenvalue weighted by atomic mass is 16.4. The predicted octanol–water partition coefficient (Wildman–Crippen LogP) is 4.92. The molecular weight excluding hydrogens is 236 g/mol. The summed E-state index contributed by atoms with van der Waals surface area (Å²) < 4.78 is 0. The Morgan fingerprint density at radius 2 is 1.74 bits per heavy atom. The summed E-state index contributed by atoms with van der Waals surface area (Å²) in [4.78, 5) is 10.8. The molecular formula is C17H26O2. The fourth-order valence-corrected chi connectivity index (χ4v) is 2.45. The van der Waals surface area contributed by atoms with Crippen LogP contribution >= 0.6 is 0 Å². The number of aromatic carboxylic acids is 1. The molecule has 0 heterocycles. The van der Waals surface area contributed by atoms with E-state index in [-0.39, 0.29) is 0 Å². The van der Waals surface area contributed by atoms with Crippen LogP contribution in [0.1, 0.15) is 68.3 Å². The SMILES string of the molecule is CCCCC(CC)CCCc1ccc(C(=O)O)cc1. The van der Waals surface area contributed by atoms with Crippen molar-refractivity contribution in [3.05, 3.63) is 35.4 Å². The summed E-state index contributed by atoms with van der Waals surface area (Å²) in [5.74, 6) is 0.00963. The van der Waals surface area contributed by atoms with E-state index < -0.39 is 5.97 Å². The van der Waals surface area contributed by atoms with Gasteiger partial charge in [0.2, 0.25) is 0 Å². The topological polar surface area (TPSA) is 37.3 Å². The van der Waals surface area contributed by atoms with Gasteiger partial charge >= 0.3 is 5.97 Å². The third-order valence-corrected chi connectivity index (χ3v) is 3.82. The highest BCUT2D eigenvalue weighted by molar-refractivity contribution is 5.87. The number of unbranched alkanes of at least 4 members (excludes halogenated alkanes) is 1. The van der Waals surface area contributed by atoms with Crippen LogP contribution in [0.3, 0.4) is 0 Å². The molecule has 0 saturated carbocycles. The van der Waals surface area contributed by atoms with Crippen LogP contribution in [0, 0.1) is 5.92 Å². The zero-order chi connectivity index (χ0) is 14.1. The minimum absolute atomic E-state index is 0.373. The standard InChI is InChI=1S/C17H26O2/c1-3-5-7-14(4-2)8-6-9-15-10-12-16(13-11-15)17(18)19/h10-14H,3-9H2,1-2H3,(H,18,19). The minimum Gasteiger partial charge on any atom is -0.478 e. The van der Waals surface area contributed by atoms with Gasteiger partial charge in [-0.05, 0) is 36.5 Å². The molecule has 0 aromatic heterocycles. The molecule has 2 nitrogen and oxygen atoms in total. The maximum Gasteiger partial charge on any atom is 0.335 e. The first kappa shape index (κ1) is 15.7. The Morgan fingerprint density at radius 1 is 1.11 bits per heavy atom. The molecule has 0 saturated heterocycles. The van der Waals surface area contributed by atoms with Crippen LogP contribution < -0.4 is 0 Å². The molecule has 1 unspecified atom stereocenters. The van der Waals surface area contributed by atoms with Crippen LogP contribution in [0.2, 0.25) is 0 Å². The summed E-state index contributed by atoms with van der Waals surface area (Å²) in [6.45, 7) is 4.53. The first-order valence-corrected chi connectivity index (χ1v) is 7.49. The third kappa shape index (κ3) is 5.91. The van der Waals surface area contributed by atoms with Crippen molar-refractivity contribution in [3.63, 3.8) is 0 Å². The van der Waals surface area contributed by atoms with Crippen molar-refractivity contribution < 1.29 is 9.90 Å². The Labute approximate surface area is 116 Å². The zero-order valence-corrected chi connectivity index (χ0v) is 12.2. The molecule has 1 rings (SSSR count). The molecule has 0 spiro atoms. The molecule has 1 aromatic carbocycles. The van der Waals surface area contributed by atoms with Crippen molar-refractivity contribution in [1.29, 1.82) is 0 Å². The number of benzene rings is 1. The summed E-state index contributed by atoms with van der Waals surface area (Å²) in [5, 5.41) is 8.84. The van der Waals surface area contributed by atoms with Gasteiger partial charge in [-0.3, -0.25) is 0 Å². The molecule has 0 aliphatic heterocycles. The normalized spacial score (nSPS) is 12.3. The zero-order valence-electron chi connectivity index (χ0n) is 12.2. The molecule has 0 fully saturated rings. The second kappa shape index (κ2) is 8.73. The maximum atomic E-state index is 10.8. The summed E-state index contributed by atoms with van der Waals surface area (Å²) in [5.41, 5.74) is 1.62. The van der Waals surface area contributed by atoms with E-state index in [0.29, 0.717) is 5.56 Å². The Balaban J connectivity index is 2.33. The Bertz CT molecular complexity index is 367. The third-order valence-electron chi connectivity index (χ3n) is 3.82. The molecule has 0 amide bonds. The van der Waals surface area contributed by atoms with Crippen molar-refractivity contribution >= 4 is 5.97 Å². The lowest BCUT2D eigenvalue weighted by Crippen LogP contribution is -2.00. The summed E-state index contributed by atoms with van der Waals surface area (Å²) in [6.07, 6.45) is 8.80. The van der Waals surface area contributed by atoms with Gasteiger partial charge in [-0.25, -0.2) is 4.79 Å². The number of carbonyl (C=O) groups is 1. The summed E-state index contributed by atoms with van der Waals surface area (Å²) in [6, 6.07) is 7.28. The molecule has 1 aromatic rings. The monoisotopic (exact) mass is 262 g/mol. The number of hydrogen-bond donors (Lipinski definition) is 1. The summed E-state index contributed by atoms with van der Waals surface area (Å²) >= 11 is 0. The van der Waals surface area contributed by atoms with Crippen molar-refractivity contribution in [2.24, 2.45) is 5.92 Å². The number of rotatable bonds is 9. The smallest absolute Gasteiger partial charge is 0.335 e. The van der Waals surface area contributed by atoms with Crippen LogP contribution in [0.5, 0.6) is 0 Å². The Morgan fingerprint density at radius 3 is 2.26 bits per heavy atom. The molecule has 0 aliphatic rings. The van der Waals surface area contributed by atoms with Crippen LogP contribution in [0.25, 0.3) is 0 Å². The van der Waals surface area contributed by atoms with Gasteiger partial charge in [0.1, 0.15) is 0 Å². The van der Waals surface area contributed by atoms with E-state index in [1.165, 1.54) is 44.1 Å². The maximum absolute atomic E-state index is 10.8. The van der Waals surface area contributed by atoms with E-state index in [1.54, 1.807) is 12.1 Å². The first-order chi connectivity index (χ1) is 9.17. The van der Waals surface area contributed by atoms with E-state index >= 15 is 0 Å². The summed E-state index contributed by atoms with van der Waals surface area (Å²) in [7, 11) is 0. The highest BCUT2D eigenvalue weighted by Crippen LogP contribution is 2.20. The van der Waals surface area contributed by atoms with Crippen molar-refractivity contribution in [2.45, 2.75) is 58.8 Å². The van der Waals surface area contributed by atoms with Crippen molar-refractivity contribution in [2.75, 3.05) is 0 Å². The Hall–Kier alpha value is -1.31.